The molecule has 0 atom stereocenters. The highest BCUT2D eigenvalue weighted by Crippen LogP contribution is 2.03. The minimum Gasteiger partial charge on any atom is -0.131 e. The summed E-state index contributed by atoms with van der Waals surface area (Å²) in [6.45, 7) is 2.08. The van der Waals surface area contributed by atoms with Crippen LogP contribution < -0.4 is 0 Å². The smallest absolute Gasteiger partial charge is 0.131 e. The van der Waals surface area contributed by atoms with E-state index in [9.17, 15) is 0 Å². The van der Waals surface area contributed by atoms with Gasteiger partial charge in [0, 0.05) is 6.42 Å². The lowest BCUT2D eigenvalue weighted by Gasteiger charge is -1.94. The van der Waals surface area contributed by atoms with Crippen LogP contribution in [0, 0.1) is 0 Å². The van der Waals surface area contributed by atoms with E-state index in [0.29, 0.717) is 11.6 Å². The predicted molar refractivity (Wildman–Crippen MR) is 67.0 cm³/mol. The highest BCUT2D eigenvalue weighted by atomic mass is 15.3. The Morgan fingerprint density at radius 2 is 1.65 bits per heavy atom. The first-order valence-electron chi connectivity index (χ1n) is 5.68. The van der Waals surface area contributed by atoms with Crippen molar-refractivity contribution in [1.29, 1.82) is 0 Å². The molecule has 0 radical (unpaired) electrons. The molecule has 0 aliphatic carbocycles. The molecule has 86 valence electrons. The third-order valence-corrected chi connectivity index (χ3v) is 2.23. The van der Waals surface area contributed by atoms with Crippen LogP contribution in [0.25, 0.3) is 12.2 Å². The lowest BCUT2D eigenvalue weighted by molar-refractivity contribution is 0.724. The lowest BCUT2D eigenvalue weighted by atomic mass is 10.2. The molecular formula is C13H14N4. The lowest BCUT2D eigenvalue weighted by Crippen LogP contribution is -2.02. The Kier molecular flexibility index (Phi) is 3.91. The molecule has 2 rings (SSSR count). The Balaban J connectivity index is 2.06. The van der Waals surface area contributed by atoms with E-state index in [0.717, 1.165) is 18.4 Å². The first-order valence-corrected chi connectivity index (χ1v) is 5.68. The summed E-state index contributed by atoms with van der Waals surface area (Å²) in [5, 5.41) is 16.0. The predicted octanol–water partition coefficient (Wildman–Crippen LogP) is 2.39. The Hall–Kier alpha value is -2.10. The molecule has 1 heterocycles. The van der Waals surface area contributed by atoms with Gasteiger partial charge in [0.15, 0.2) is 11.6 Å². The van der Waals surface area contributed by atoms with Gasteiger partial charge in [0.05, 0.1) is 0 Å². The molecule has 0 saturated carbocycles. The fourth-order valence-corrected chi connectivity index (χ4v) is 1.38. The zero-order valence-electron chi connectivity index (χ0n) is 9.74. The summed E-state index contributed by atoms with van der Waals surface area (Å²) < 4.78 is 0. The van der Waals surface area contributed by atoms with Crippen molar-refractivity contribution >= 4 is 12.2 Å². The van der Waals surface area contributed by atoms with Crippen LogP contribution in [-0.2, 0) is 6.42 Å². The highest BCUT2D eigenvalue weighted by molar-refractivity contribution is 5.65. The van der Waals surface area contributed by atoms with Crippen molar-refractivity contribution in [2.45, 2.75) is 19.8 Å². The maximum atomic E-state index is 4.01. The van der Waals surface area contributed by atoms with Gasteiger partial charge in [-0.25, -0.2) is 0 Å². The van der Waals surface area contributed by atoms with Crippen LogP contribution in [0.1, 0.15) is 30.6 Å². The van der Waals surface area contributed by atoms with Gasteiger partial charge in [0.2, 0.25) is 0 Å². The van der Waals surface area contributed by atoms with Gasteiger partial charge in [-0.2, -0.15) is 0 Å². The maximum Gasteiger partial charge on any atom is 0.196 e. The third kappa shape index (κ3) is 3.45. The van der Waals surface area contributed by atoms with E-state index >= 15 is 0 Å². The Bertz CT molecular complexity index is 477. The number of nitrogens with zero attached hydrogens (tertiary/aromatic N) is 4. The van der Waals surface area contributed by atoms with E-state index in [-0.39, 0.29) is 0 Å². The molecule has 0 unspecified atom stereocenters. The van der Waals surface area contributed by atoms with Crippen molar-refractivity contribution in [2.75, 3.05) is 0 Å². The average Bonchev–Trinajstić information content (AvgIpc) is 2.40. The minimum absolute atomic E-state index is 0.536. The van der Waals surface area contributed by atoms with Crippen LogP contribution in [-0.4, -0.2) is 20.4 Å². The summed E-state index contributed by atoms with van der Waals surface area (Å²) in [5.74, 6) is 1.23. The third-order valence-electron chi connectivity index (χ3n) is 2.23. The molecule has 0 bridgehead atoms. The summed E-state index contributed by atoms with van der Waals surface area (Å²) in [5.41, 5.74) is 1.11. The Morgan fingerprint density at radius 3 is 2.29 bits per heavy atom. The quantitative estimate of drug-likeness (QED) is 0.803. The standard InChI is InChI=1S/C13H14N4/c1-2-6-12-14-16-13(17-15-12)10-9-11-7-4-3-5-8-11/h3-5,7-10H,2,6H2,1H3/b10-9+. The van der Waals surface area contributed by atoms with Gasteiger partial charge in [-0.15, -0.1) is 20.4 Å². The van der Waals surface area contributed by atoms with E-state index in [1.165, 1.54) is 0 Å². The molecule has 0 saturated heterocycles. The molecule has 4 heteroatoms. The summed E-state index contributed by atoms with van der Waals surface area (Å²) >= 11 is 0. The first-order chi connectivity index (χ1) is 8.38. The Labute approximate surface area is 100 Å². The fourth-order valence-electron chi connectivity index (χ4n) is 1.38. The topological polar surface area (TPSA) is 51.6 Å². The zero-order chi connectivity index (χ0) is 11.9. The van der Waals surface area contributed by atoms with Gasteiger partial charge < -0.3 is 0 Å². The molecule has 1 aromatic carbocycles. The van der Waals surface area contributed by atoms with Crippen molar-refractivity contribution in [3.63, 3.8) is 0 Å². The molecule has 0 amide bonds. The van der Waals surface area contributed by atoms with Crippen molar-refractivity contribution < 1.29 is 0 Å². The van der Waals surface area contributed by atoms with Crippen LogP contribution in [0.2, 0.25) is 0 Å². The van der Waals surface area contributed by atoms with Crippen molar-refractivity contribution in [3.05, 3.63) is 47.5 Å². The van der Waals surface area contributed by atoms with Crippen molar-refractivity contribution in [3.8, 4) is 0 Å². The minimum atomic E-state index is 0.536. The zero-order valence-corrected chi connectivity index (χ0v) is 9.74. The van der Waals surface area contributed by atoms with Gasteiger partial charge in [-0.3, -0.25) is 0 Å². The summed E-state index contributed by atoms with van der Waals surface area (Å²) in [6, 6.07) is 9.99. The maximum absolute atomic E-state index is 4.01. The van der Waals surface area contributed by atoms with Gasteiger partial charge in [-0.1, -0.05) is 43.3 Å². The molecule has 0 fully saturated rings. The van der Waals surface area contributed by atoms with Gasteiger partial charge in [0.1, 0.15) is 0 Å². The molecule has 0 aliphatic heterocycles. The fraction of sp³-hybridized carbons (Fsp3) is 0.231. The molecule has 1 aromatic heterocycles. The number of aromatic nitrogens is 4. The van der Waals surface area contributed by atoms with Crippen molar-refractivity contribution in [1.82, 2.24) is 20.4 Å². The van der Waals surface area contributed by atoms with Crippen LogP contribution in [0.3, 0.4) is 0 Å². The van der Waals surface area contributed by atoms with Gasteiger partial charge in [-0.05, 0) is 18.1 Å². The Morgan fingerprint density at radius 1 is 0.941 bits per heavy atom. The molecule has 2 aromatic rings. The van der Waals surface area contributed by atoms with Crippen LogP contribution in [0.5, 0.6) is 0 Å². The molecule has 0 spiro atoms. The SMILES string of the molecule is CCCc1nnc(/C=C/c2ccccc2)nn1. The molecule has 4 nitrogen and oxygen atoms in total. The highest BCUT2D eigenvalue weighted by Gasteiger charge is 1.97. The van der Waals surface area contributed by atoms with Gasteiger partial charge >= 0.3 is 0 Å². The number of benzene rings is 1. The largest absolute Gasteiger partial charge is 0.196 e. The summed E-state index contributed by atoms with van der Waals surface area (Å²) in [7, 11) is 0. The second-order valence-corrected chi connectivity index (χ2v) is 3.67. The number of aryl methyl sites for hydroxylation is 1. The molecule has 0 N–H and O–H groups in total. The van der Waals surface area contributed by atoms with E-state index in [2.05, 4.69) is 27.3 Å². The molecule has 17 heavy (non-hydrogen) atoms. The van der Waals surface area contributed by atoms with Crippen LogP contribution >= 0.6 is 0 Å². The molecular weight excluding hydrogens is 212 g/mol. The van der Waals surface area contributed by atoms with Crippen molar-refractivity contribution in [2.24, 2.45) is 0 Å². The molecule has 0 aliphatic rings. The average molecular weight is 226 g/mol. The number of rotatable bonds is 4. The van der Waals surface area contributed by atoms with E-state index in [1.807, 2.05) is 42.5 Å². The van der Waals surface area contributed by atoms with Gasteiger partial charge in [0.25, 0.3) is 0 Å². The second-order valence-electron chi connectivity index (χ2n) is 3.67. The van der Waals surface area contributed by atoms with E-state index in [4.69, 9.17) is 0 Å². The van der Waals surface area contributed by atoms with Crippen LogP contribution in [0.4, 0.5) is 0 Å². The van der Waals surface area contributed by atoms with E-state index < -0.39 is 0 Å². The first kappa shape index (κ1) is 11.4. The second kappa shape index (κ2) is 5.84. The van der Waals surface area contributed by atoms with Crippen LogP contribution in [0.15, 0.2) is 30.3 Å². The number of hydrogen-bond donors (Lipinski definition) is 0. The summed E-state index contributed by atoms with van der Waals surface area (Å²) in [4.78, 5) is 0. The van der Waals surface area contributed by atoms with E-state index in [1.54, 1.807) is 0 Å². The monoisotopic (exact) mass is 226 g/mol. The normalized spacial score (nSPS) is 10.9. The summed E-state index contributed by atoms with van der Waals surface area (Å²) in [6.07, 6.45) is 5.58. The number of hydrogen-bond acceptors (Lipinski definition) is 4.